The molecule has 1 atom stereocenters. The Morgan fingerprint density at radius 1 is 1.35 bits per heavy atom. The van der Waals surface area contributed by atoms with Gasteiger partial charge in [0.25, 0.3) is 5.91 Å². The molecule has 26 heavy (non-hydrogen) atoms. The van der Waals surface area contributed by atoms with Crippen LogP contribution in [0.1, 0.15) is 47.1 Å². The Bertz CT molecular complexity index is 882. The molecule has 0 aliphatic carbocycles. The number of pyridine rings is 1. The monoisotopic (exact) mass is 369 g/mol. The number of carbonyl (C=O) groups is 1. The minimum absolute atomic E-state index is 0.0701. The van der Waals surface area contributed by atoms with Crippen LogP contribution in [0, 0.1) is 6.92 Å². The fourth-order valence-electron chi connectivity index (χ4n) is 3.70. The van der Waals surface area contributed by atoms with Crippen molar-refractivity contribution in [2.45, 2.75) is 32.2 Å². The maximum Gasteiger partial charge on any atom is 0.270 e. The van der Waals surface area contributed by atoms with Gasteiger partial charge in [0.15, 0.2) is 4.96 Å². The average Bonchev–Trinajstić information content (AvgIpc) is 3.23. The first-order valence-corrected chi connectivity index (χ1v) is 9.96. The number of piperidine rings is 1. The van der Waals surface area contributed by atoms with Crippen molar-refractivity contribution in [3.05, 3.63) is 53.1 Å². The number of nitrogens with one attached hydrogen (secondary N) is 1. The summed E-state index contributed by atoms with van der Waals surface area (Å²) >= 11 is 1.54. The van der Waals surface area contributed by atoms with Gasteiger partial charge in [0, 0.05) is 30.5 Å². The average molecular weight is 369 g/mol. The second kappa shape index (κ2) is 7.55. The summed E-state index contributed by atoms with van der Waals surface area (Å²) in [6.07, 6.45) is 9.31. The predicted molar refractivity (Wildman–Crippen MR) is 103 cm³/mol. The Morgan fingerprint density at radius 3 is 2.96 bits per heavy atom. The quantitative estimate of drug-likeness (QED) is 0.751. The SMILES string of the molecule is Cc1nc2sccn2c1C(=O)NCC(c1cccnc1)N1CCCCC1. The first-order chi connectivity index (χ1) is 12.7. The number of fused-ring (bicyclic) bond motifs is 1. The first kappa shape index (κ1) is 17.2. The van der Waals surface area contributed by atoms with Crippen LogP contribution in [0.5, 0.6) is 0 Å². The summed E-state index contributed by atoms with van der Waals surface area (Å²) < 4.78 is 1.87. The molecule has 0 spiro atoms. The number of rotatable bonds is 5. The molecule has 1 fully saturated rings. The van der Waals surface area contributed by atoms with E-state index in [1.807, 2.05) is 35.2 Å². The number of likely N-dealkylation sites (tertiary alicyclic amines) is 1. The maximum absolute atomic E-state index is 12.9. The zero-order valence-corrected chi connectivity index (χ0v) is 15.7. The topological polar surface area (TPSA) is 62.5 Å². The molecule has 3 aromatic heterocycles. The third kappa shape index (κ3) is 3.37. The molecule has 1 N–H and O–H groups in total. The fourth-order valence-corrected chi connectivity index (χ4v) is 4.46. The molecule has 136 valence electrons. The number of hydrogen-bond donors (Lipinski definition) is 1. The molecule has 1 saturated heterocycles. The molecule has 0 saturated carbocycles. The molecular formula is C19H23N5OS. The Balaban J connectivity index is 1.53. The van der Waals surface area contributed by atoms with Crippen molar-refractivity contribution >= 4 is 22.2 Å². The lowest BCUT2D eigenvalue weighted by Gasteiger charge is -2.34. The molecule has 1 aliphatic rings. The van der Waals surface area contributed by atoms with Crippen LogP contribution in [0.4, 0.5) is 0 Å². The zero-order chi connectivity index (χ0) is 17.9. The van der Waals surface area contributed by atoms with Gasteiger partial charge in [-0.25, -0.2) is 4.98 Å². The second-order valence-electron chi connectivity index (χ2n) is 6.71. The van der Waals surface area contributed by atoms with Crippen molar-refractivity contribution in [1.82, 2.24) is 24.6 Å². The molecule has 4 heterocycles. The van der Waals surface area contributed by atoms with E-state index in [1.165, 1.54) is 30.6 Å². The van der Waals surface area contributed by atoms with Crippen LogP contribution in [-0.2, 0) is 0 Å². The molecule has 3 aromatic rings. The van der Waals surface area contributed by atoms with Gasteiger partial charge in [0.2, 0.25) is 0 Å². The highest BCUT2D eigenvalue weighted by molar-refractivity contribution is 7.15. The Morgan fingerprint density at radius 2 is 2.19 bits per heavy atom. The molecular weight excluding hydrogens is 346 g/mol. The minimum atomic E-state index is -0.0701. The number of hydrogen-bond acceptors (Lipinski definition) is 5. The van der Waals surface area contributed by atoms with Crippen molar-refractivity contribution < 1.29 is 4.79 Å². The van der Waals surface area contributed by atoms with E-state index >= 15 is 0 Å². The number of imidazole rings is 1. The van der Waals surface area contributed by atoms with E-state index in [0.29, 0.717) is 12.2 Å². The third-order valence-electron chi connectivity index (χ3n) is 5.01. The summed E-state index contributed by atoms with van der Waals surface area (Å²) in [6.45, 7) is 4.59. The predicted octanol–water partition coefficient (Wildman–Crippen LogP) is 3.06. The van der Waals surface area contributed by atoms with Crippen molar-refractivity contribution in [2.75, 3.05) is 19.6 Å². The second-order valence-corrected chi connectivity index (χ2v) is 7.58. The van der Waals surface area contributed by atoms with Gasteiger partial charge in [-0.3, -0.25) is 19.1 Å². The summed E-state index contributed by atoms with van der Waals surface area (Å²) in [5.41, 5.74) is 2.55. The van der Waals surface area contributed by atoms with Crippen molar-refractivity contribution in [2.24, 2.45) is 0 Å². The number of amides is 1. The van der Waals surface area contributed by atoms with Crippen LogP contribution >= 0.6 is 11.3 Å². The smallest absolute Gasteiger partial charge is 0.270 e. The number of nitrogens with zero attached hydrogens (tertiary/aromatic N) is 4. The lowest BCUT2D eigenvalue weighted by atomic mass is 10.0. The highest BCUT2D eigenvalue weighted by atomic mass is 32.1. The van der Waals surface area contributed by atoms with Crippen LogP contribution in [0.15, 0.2) is 36.1 Å². The van der Waals surface area contributed by atoms with Crippen LogP contribution in [0.3, 0.4) is 0 Å². The lowest BCUT2D eigenvalue weighted by molar-refractivity contribution is 0.0918. The van der Waals surface area contributed by atoms with E-state index in [-0.39, 0.29) is 11.9 Å². The molecule has 6 nitrogen and oxygen atoms in total. The van der Waals surface area contributed by atoms with Gasteiger partial charge in [0.05, 0.1) is 11.7 Å². The normalized spacial score (nSPS) is 16.7. The van der Waals surface area contributed by atoms with Crippen molar-refractivity contribution in [3.8, 4) is 0 Å². The molecule has 1 amide bonds. The van der Waals surface area contributed by atoms with Gasteiger partial charge in [-0.05, 0) is 44.5 Å². The number of aromatic nitrogens is 3. The van der Waals surface area contributed by atoms with Gasteiger partial charge in [-0.1, -0.05) is 12.5 Å². The molecule has 7 heteroatoms. The van der Waals surface area contributed by atoms with Gasteiger partial charge >= 0.3 is 0 Å². The molecule has 1 aliphatic heterocycles. The van der Waals surface area contributed by atoms with E-state index in [2.05, 4.69) is 26.3 Å². The van der Waals surface area contributed by atoms with E-state index in [0.717, 1.165) is 29.3 Å². The number of aryl methyl sites for hydroxylation is 1. The maximum atomic E-state index is 12.9. The number of thiazole rings is 1. The van der Waals surface area contributed by atoms with Gasteiger partial charge in [-0.2, -0.15) is 0 Å². The summed E-state index contributed by atoms with van der Waals surface area (Å²) in [5, 5.41) is 5.09. The van der Waals surface area contributed by atoms with Gasteiger partial charge in [0.1, 0.15) is 5.69 Å². The number of carbonyl (C=O) groups excluding carboxylic acids is 1. The molecule has 4 rings (SSSR count). The molecule has 1 unspecified atom stereocenters. The Kier molecular flexibility index (Phi) is 4.99. The van der Waals surface area contributed by atoms with Crippen LogP contribution in [0.25, 0.3) is 4.96 Å². The molecule has 0 aromatic carbocycles. The highest BCUT2D eigenvalue weighted by Gasteiger charge is 2.24. The van der Waals surface area contributed by atoms with Crippen LogP contribution in [0.2, 0.25) is 0 Å². The standard InChI is InChI=1S/C19H23N5OS/c1-14-17(24-10-11-26-19(24)22-14)18(25)21-13-16(15-6-5-7-20-12-15)23-8-3-2-4-9-23/h5-7,10-12,16H,2-4,8-9,13H2,1H3,(H,21,25). The molecule has 0 radical (unpaired) electrons. The van der Waals surface area contributed by atoms with Crippen LogP contribution in [-0.4, -0.2) is 44.8 Å². The van der Waals surface area contributed by atoms with Crippen molar-refractivity contribution in [3.63, 3.8) is 0 Å². The first-order valence-electron chi connectivity index (χ1n) is 9.08. The molecule has 0 bridgehead atoms. The van der Waals surface area contributed by atoms with Crippen LogP contribution < -0.4 is 5.32 Å². The van der Waals surface area contributed by atoms with Crippen molar-refractivity contribution in [1.29, 1.82) is 0 Å². The lowest BCUT2D eigenvalue weighted by Crippen LogP contribution is -2.41. The fraction of sp³-hybridized carbons (Fsp3) is 0.421. The minimum Gasteiger partial charge on any atom is -0.349 e. The largest absolute Gasteiger partial charge is 0.349 e. The summed E-state index contributed by atoms with van der Waals surface area (Å²) in [6, 6.07) is 4.21. The van der Waals surface area contributed by atoms with E-state index in [1.54, 1.807) is 6.20 Å². The third-order valence-corrected chi connectivity index (χ3v) is 5.76. The van der Waals surface area contributed by atoms with Gasteiger partial charge < -0.3 is 5.32 Å². The Hall–Kier alpha value is -2.25. The summed E-state index contributed by atoms with van der Waals surface area (Å²) in [5.74, 6) is -0.0701. The highest BCUT2D eigenvalue weighted by Crippen LogP contribution is 2.24. The van der Waals surface area contributed by atoms with E-state index in [4.69, 9.17) is 0 Å². The van der Waals surface area contributed by atoms with E-state index in [9.17, 15) is 4.79 Å². The summed E-state index contributed by atoms with van der Waals surface area (Å²) in [4.78, 5) is 24.9. The van der Waals surface area contributed by atoms with Gasteiger partial charge in [-0.15, -0.1) is 11.3 Å². The zero-order valence-electron chi connectivity index (χ0n) is 14.9. The van der Waals surface area contributed by atoms with E-state index < -0.39 is 0 Å². The summed E-state index contributed by atoms with van der Waals surface area (Å²) in [7, 11) is 0. The Labute approximate surface area is 156 Å².